The van der Waals surface area contributed by atoms with Crippen LogP contribution < -0.4 is 0 Å². The van der Waals surface area contributed by atoms with Crippen LogP contribution in [0.1, 0.15) is 58.8 Å². The van der Waals surface area contributed by atoms with Crippen LogP contribution in [0.5, 0.6) is 0 Å². The van der Waals surface area contributed by atoms with Crippen LogP contribution in [0.2, 0.25) is 0 Å². The van der Waals surface area contributed by atoms with Gasteiger partial charge in [-0.05, 0) is 38.1 Å². The molecule has 0 saturated heterocycles. The minimum absolute atomic E-state index is 0.0478. The van der Waals surface area contributed by atoms with Crippen LogP contribution >= 0.6 is 0 Å². The number of hydrogen-bond donors (Lipinski definition) is 2. The topological polar surface area (TPSA) is 113 Å². The number of aromatic nitrogens is 2. The van der Waals surface area contributed by atoms with Gasteiger partial charge in [-0.15, -0.1) is 0 Å². The molecule has 2 N–H and O–H groups in total. The fourth-order valence-electron chi connectivity index (χ4n) is 3.47. The van der Waals surface area contributed by atoms with E-state index in [0.717, 1.165) is 5.71 Å². The third-order valence-electron chi connectivity index (χ3n) is 4.86. The summed E-state index contributed by atoms with van der Waals surface area (Å²) in [5.74, 6) is -2.82. The lowest BCUT2D eigenvalue weighted by Gasteiger charge is -2.32. The maximum atomic E-state index is 11.8. The first-order valence-electron chi connectivity index (χ1n) is 8.45. The van der Waals surface area contributed by atoms with Gasteiger partial charge in [-0.25, -0.2) is 9.59 Å². The summed E-state index contributed by atoms with van der Waals surface area (Å²) in [6.07, 6.45) is 3.06. The summed E-state index contributed by atoms with van der Waals surface area (Å²) in [4.78, 5) is 36.7. The molecule has 1 aliphatic rings. The molecule has 2 aromatic rings. The summed E-state index contributed by atoms with van der Waals surface area (Å²) in [6, 6.07) is 6.11. The molecule has 0 amide bonds. The Balaban J connectivity index is 2.32. The van der Waals surface area contributed by atoms with Gasteiger partial charge in [0.25, 0.3) is 0 Å². The highest BCUT2D eigenvalue weighted by atomic mass is 16.4. The van der Waals surface area contributed by atoms with E-state index in [1.54, 1.807) is 25.3 Å². The van der Waals surface area contributed by atoms with Crippen molar-refractivity contribution in [3.8, 4) is 0 Å². The molecule has 0 aromatic carbocycles. The summed E-state index contributed by atoms with van der Waals surface area (Å²) in [5.41, 5.74) is 2.83. The molecular formula is C20H19N3O4. The highest BCUT2D eigenvalue weighted by Gasteiger charge is 2.36. The molecule has 7 heteroatoms. The summed E-state index contributed by atoms with van der Waals surface area (Å²) in [5, 5.41) is 19.2. The highest BCUT2D eigenvalue weighted by molar-refractivity contribution is 5.99. The molecule has 3 heterocycles. The monoisotopic (exact) mass is 365 g/mol. The normalized spacial score (nSPS) is 19.6. The van der Waals surface area contributed by atoms with Crippen LogP contribution in [0.25, 0.3) is 5.57 Å². The third-order valence-corrected chi connectivity index (χ3v) is 4.86. The van der Waals surface area contributed by atoms with Crippen molar-refractivity contribution >= 4 is 23.2 Å². The number of aliphatic imine (C=N–C) groups is 1. The number of aromatic carboxylic acids is 2. The quantitative estimate of drug-likeness (QED) is 0.857. The van der Waals surface area contributed by atoms with Gasteiger partial charge in [0.15, 0.2) is 0 Å². The first-order valence-corrected chi connectivity index (χ1v) is 8.45. The van der Waals surface area contributed by atoms with Gasteiger partial charge in [-0.3, -0.25) is 15.0 Å². The lowest BCUT2D eigenvalue weighted by molar-refractivity contribution is 0.0683. The second-order valence-electron chi connectivity index (χ2n) is 6.46. The minimum Gasteiger partial charge on any atom is -0.478 e. The van der Waals surface area contributed by atoms with Crippen LogP contribution in [0.4, 0.5) is 0 Å². The molecule has 0 bridgehead atoms. The molecule has 3 rings (SSSR count). The number of pyridine rings is 2. The molecule has 7 nitrogen and oxygen atoms in total. The van der Waals surface area contributed by atoms with E-state index >= 15 is 0 Å². The van der Waals surface area contributed by atoms with Crippen LogP contribution in [-0.4, -0.2) is 37.8 Å². The number of carboxylic acid groups (broad SMARTS) is 2. The van der Waals surface area contributed by atoms with E-state index in [1.807, 2.05) is 13.8 Å². The maximum absolute atomic E-state index is 11.8. The highest BCUT2D eigenvalue weighted by Crippen LogP contribution is 2.44. The third kappa shape index (κ3) is 3.23. The first-order chi connectivity index (χ1) is 12.8. The molecule has 1 aliphatic heterocycles. The Hall–Kier alpha value is -3.35. The van der Waals surface area contributed by atoms with Crippen molar-refractivity contribution in [3.05, 3.63) is 64.9 Å². The Kier molecular flexibility index (Phi) is 4.85. The van der Waals surface area contributed by atoms with E-state index in [-0.39, 0.29) is 22.7 Å². The molecular weight excluding hydrogens is 346 g/mol. The fraction of sp³-hybridized carbons (Fsp3) is 0.250. The molecule has 0 aliphatic carbocycles. The Morgan fingerprint density at radius 3 is 2.19 bits per heavy atom. The van der Waals surface area contributed by atoms with Crippen molar-refractivity contribution in [3.63, 3.8) is 0 Å². The van der Waals surface area contributed by atoms with Crippen molar-refractivity contribution in [2.24, 2.45) is 10.9 Å². The Morgan fingerprint density at radius 1 is 0.963 bits per heavy atom. The number of nitrogens with zero attached hydrogens (tertiary/aromatic N) is 3. The Labute approximate surface area is 156 Å². The molecule has 0 saturated carbocycles. The molecule has 0 fully saturated rings. The van der Waals surface area contributed by atoms with Gasteiger partial charge in [-0.2, -0.15) is 0 Å². The van der Waals surface area contributed by atoms with E-state index in [0.29, 0.717) is 17.0 Å². The minimum atomic E-state index is -1.10. The maximum Gasteiger partial charge on any atom is 0.337 e. The van der Waals surface area contributed by atoms with Crippen molar-refractivity contribution in [2.45, 2.75) is 26.7 Å². The van der Waals surface area contributed by atoms with E-state index < -0.39 is 17.9 Å². The summed E-state index contributed by atoms with van der Waals surface area (Å²) >= 11 is 0. The molecule has 0 spiro atoms. The van der Waals surface area contributed by atoms with Gasteiger partial charge < -0.3 is 10.2 Å². The van der Waals surface area contributed by atoms with Gasteiger partial charge >= 0.3 is 11.9 Å². The van der Waals surface area contributed by atoms with Crippen LogP contribution in [0.15, 0.2) is 47.3 Å². The molecule has 0 radical (unpaired) electrons. The van der Waals surface area contributed by atoms with Crippen molar-refractivity contribution in [1.29, 1.82) is 0 Å². The lowest BCUT2D eigenvalue weighted by atomic mass is 9.75. The Morgan fingerprint density at radius 2 is 1.56 bits per heavy atom. The van der Waals surface area contributed by atoms with Crippen molar-refractivity contribution < 1.29 is 19.8 Å². The number of rotatable bonds is 4. The summed E-state index contributed by atoms with van der Waals surface area (Å²) in [6.45, 7) is 5.58. The number of carboxylic acids is 2. The lowest BCUT2D eigenvalue weighted by Crippen LogP contribution is -2.27. The van der Waals surface area contributed by atoms with E-state index in [4.69, 9.17) is 0 Å². The Bertz CT molecular complexity index is 994. The SMILES string of the molecule is CC1=NC(C)=C(c2ncccc2C(=O)O)C(c2ncccc2C(=O)O)C1C. The van der Waals surface area contributed by atoms with E-state index in [9.17, 15) is 19.8 Å². The van der Waals surface area contributed by atoms with E-state index in [1.165, 1.54) is 18.3 Å². The molecule has 2 unspecified atom stereocenters. The molecule has 2 aromatic heterocycles. The van der Waals surface area contributed by atoms with Gasteiger partial charge in [0.05, 0.1) is 22.5 Å². The zero-order valence-corrected chi connectivity index (χ0v) is 15.2. The second-order valence-corrected chi connectivity index (χ2v) is 6.46. The zero-order valence-electron chi connectivity index (χ0n) is 15.2. The molecule has 2 atom stereocenters. The van der Waals surface area contributed by atoms with Gasteiger partial charge in [0.1, 0.15) is 0 Å². The zero-order chi connectivity index (χ0) is 19.7. The predicted octanol–water partition coefficient (Wildman–Crippen LogP) is 3.50. The van der Waals surface area contributed by atoms with Crippen LogP contribution in [0.3, 0.4) is 0 Å². The van der Waals surface area contributed by atoms with Gasteiger partial charge in [-0.1, -0.05) is 6.92 Å². The smallest absolute Gasteiger partial charge is 0.337 e. The second kappa shape index (κ2) is 7.11. The molecule has 27 heavy (non-hydrogen) atoms. The van der Waals surface area contributed by atoms with Crippen molar-refractivity contribution in [2.75, 3.05) is 0 Å². The summed E-state index contributed by atoms with van der Waals surface area (Å²) < 4.78 is 0. The number of hydrogen-bond acceptors (Lipinski definition) is 5. The van der Waals surface area contributed by atoms with Crippen LogP contribution in [0, 0.1) is 5.92 Å². The largest absolute Gasteiger partial charge is 0.478 e. The van der Waals surface area contributed by atoms with Gasteiger partial charge in [0.2, 0.25) is 0 Å². The van der Waals surface area contributed by atoms with Crippen LogP contribution in [-0.2, 0) is 0 Å². The average Bonchev–Trinajstić information content (AvgIpc) is 2.64. The molecule has 138 valence electrons. The van der Waals surface area contributed by atoms with Gasteiger partial charge in [0, 0.05) is 41.2 Å². The number of allylic oxidation sites excluding steroid dienone is 2. The average molecular weight is 365 g/mol. The predicted molar refractivity (Wildman–Crippen MR) is 100 cm³/mol. The van der Waals surface area contributed by atoms with E-state index in [2.05, 4.69) is 15.0 Å². The van der Waals surface area contributed by atoms with Crippen molar-refractivity contribution in [1.82, 2.24) is 9.97 Å². The fourth-order valence-corrected chi connectivity index (χ4v) is 3.47. The summed E-state index contributed by atoms with van der Waals surface area (Å²) in [7, 11) is 0. The first kappa shape index (κ1) is 18.4. The standard InChI is InChI=1S/C20H19N3O4/c1-10-11(2)23-12(3)16(18-14(20(26)27)7-5-9-22-18)15(10)17-13(19(24)25)6-4-8-21-17/h4-10,15H,1-3H3,(H,24,25)(H,26,27). The number of carbonyl (C=O) groups is 2.